The molecule has 0 aliphatic heterocycles. The fraction of sp³-hybridized carbons (Fsp3) is 0.188. The van der Waals surface area contributed by atoms with Crippen LogP contribution in [0.2, 0.25) is 10.0 Å². The van der Waals surface area contributed by atoms with Crippen LogP contribution in [0.4, 0.5) is 5.00 Å². The van der Waals surface area contributed by atoms with Crippen molar-refractivity contribution in [2.45, 2.75) is 13.8 Å². The largest absolute Gasteiger partial charge is 0.462 e. The zero-order valence-electron chi connectivity index (χ0n) is 13.3. The molecule has 0 bridgehead atoms. The first kappa shape index (κ1) is 19.2. The number of ether oxygens (including phenoxy) is 1. The Kier molecular flexibility index (Phi) is 6.05. The van der Waals surface area contributed by atoms with Crippen LogP contribution in [0.1, 0.15) is 42.9 Å². The van der Waals surface area contributed by atoms with Crippen LogP contribution in [0.3, 0.4) is 0 Å². The number of halogens is 2. The fourth-order valence-corrected chi connectivity index (χ4v) is 3.44. The van der Waals surface area contributed by atoms with Gasteiger partial charge in [0.1, 0.15) is 5.00 Å². The summed E-state index contributed by atoms with van der Waals surface area (Å²) in [6.07, 6.45) is 0. The average molecular weight is 401 g/mol. The third kappa shape index (κ3) is 4.12. The Labute approximate surface area is 157 Å². The van der Waals surface area contributed by atoms with Gasteiger partial charge in [-0.05, 0) is 37.6 Å². The molecule has 0 unspecified atom stereocenters. The summed E-state index contributed by atoms with van der Waals surface area (Å²) in [4.78, 5) is 36.3. The van der Waals surface area contributed by atoms with Crippen molar-refractivity contribution in [2.24, 2.45) is 5.73 Å². The summed E-state index contributed by atoms with van der Waals surface area (Å²) < 4.78 is 4.99. The molecule has 0 atom stereocenters. The van der Waals surface area contributed by atoms with Crippen molar-refractivity contribution in [2.75, 3.05) is 11.9 Å². The molecule has 0 aliphatic rings. The molecule has 0 fully saturated rings. The number of nitrogens with one attached hydrogen (secondary N) is 1. The van der Waals surface area contributed by atoms with Gasteiger partial charge in [-0.25, -0.2) is 4.79 Å². The van der Waals surface area contributed by atoms with Crippen molar-refractivity contribution in [3.05, 3.63) is 49.8 Å². The molecule has 2 amide bonds. The molecule has 6 nitrogen and oxygen atoms in total. The lowest BCUT2D eigenvalue weighted by Crippen LogP contribution is -2.15. The molecule has 25 heavy (non-hydrogen) atoms. The van der Waals surface area contributed by atoms with Crippen molar-refractivity contribution >= 4 is 57.3 Å². The summed E-state index contributed by atoms with van der Waals surface area (Å²) in [5.41, 5.74) is 6.04. The van der Waals surface area contributed by atoms with E-state index < -0.39 is 17.8 Å². The van der Waals surface area contributed by atoms with Gasteiger partial charge < -0.3 is 15.8 Å². The highest BCUT2D eigenvalue weighted by Crippen LogP contribution is 2.34. The molecule has 2 rings (SSSR count). The van der Waals surface area contributed by atoms with E-state index in [1.54, 1.807) is 13.8 Å². The maximum atomic E-state index is 12.4. The van der Waals surface area contributed by atoms with Gasteiger partial charge in [0.2, 0.25) is 0 Å². The second-order valence-electron chi connectivity index (χ2n) is 4.93. The van der Waals surface area contributed by atoms with Gasteiger partial charge >= 0.3 is 5.97 Å². The second-order valence-corrected chi connectivity index (χ2v) is 6.76. The Morgan fingerprint density at radius 1 is 1.24 bits per heavy atom. The minimum Gasteiger partial charge on any atom is -0.462 e. The van der Waals surface area contributed by atoms with Gasteiger partial charge in [-0.2, -0.15) is 0 Å². The Bertz CT molecular complexity index is 864. The molecule has 0 spiro atoms. The summed E-state index contributed by atoms with van der Waals surface area (Å²) in [6, 6.07) is 4.38. The van der Waals surface area contributed by atoms with Crippen LogP contribution in [0.25, 0.3) is 0 Å². The molecule has 2 aromatic rings. The Morgan fingerprint density at radius 3 is 2.48 bits per heavy atom. The zero-order chi connectivity index (χ0) is 18.7. The lowest BCUT2D eigenvalue weighted by molar-refractivity contribution is 0.0527. The third-order valence-electron chi connectivity index (χ3n) is 3.26. The number of carbonyl (C=O) groups excluding carboxylic acids is 3. The van der Waals surface area contributed by atoms with Gasteiger partial charge in [-0.3, -0.25) is 9.59 Å². The standard InChI is InChI=1S/C16H14Cl2N2O4S/c1-3-24-16(23)11-7(2)12(13(19)21)25-15(11)20-14(22)8-4-5-9(17)10(18)6-8/h4-6H,3H2,1-2H3,(H2,19,21)(H,20,22). The highest BCUT2D eigenvalue weighted by atomic mass is 35.5. The second kappa shape index (κ2) is 7.86. The maximum absolute atomic E-state index is 12.4. The van der Waals surface area contributed by atoms with Crippen LogP contribution < -0.4 is 11.1 Å². The van der Waals surface area contributed by atoms with E-state index in [4.69, 9.17) is 33.7 Å². The number of esters is 1. The summed E-state index contributed by atoms with van der Waals surface area (Å²) in [5.74, 6) is -1.85. The van der Waals surface area contributed by atoms with Crippen LogP contribution in [-0.2, 0) is 4.74 Å². The Morgan fingerprint density at radius 2 is 1.92 bits per heavy atom. The number of hydrogen-bond acceptors (Lipinski definition) is 5. The number of amides is 2. The highest BCUT2D eigenvalue weighted by molar-refractivity contribution is 7.18. The molecular formula is C16H14Cl2N2O4S. The normalized spacial score (nSPS) is 10.4. The highest BCUT2D eigenvalue weighted by Gasteiger charge is 2.26. The molecular weight excluding hydrogens is 387 g/mol. The molecule has 3 N–H and O–H groups in total. The van der Waals surface area contributed by atoms with E-state index in [0.29, 0.717) is 10.6 Å². The van der Waals surface area contributed by atoms with Gasteiger partial charge in [0.15, 0.2) is 0 Å². The summed E-state index contributed by atoms with van der Waals surface area (Å²) in [5, 5.41) is 3.32. The van der Waals surface area contributed by atoms with Crippen molar-refractivity contribution in [1.29, 1.82) is 0 Å². The third-order valence-corrected chi connectivity index (χ3v) is 5.22. The van der Waals surface area contributed by atoms with Crippen molar-refractivity contribution in [3.63, 3.8) is 0 Å². The van der Waals surface area contributed by atoms with E-state index in [-0.39, 0.29) is 32.6 Å². The van der Waals surface area contributed by atoms with E-state index in [1.165, 1.54) is 18.2 Å². The van der Waals surface area contributed by atoms with E-state index >= 15 is 0 Å². The maximum Gasteiger partial charge on any atom is 0.341 e. The van der Waals surface area contributed by atoms with Crippen LogP contribution in [0.5, 0.6) is 0 Å². The van der Waals surface area contributed by atoms with Gasteiger partial charge in [0.05, 0.1) is 27.1 Å². The number of rotatable bonds is 5. The first-order valence-corrected chi connectivity index (χ1v) is 8.70. The molecule has 9 heteroatoms. The van der Waals surface area contributed by atoms with Gasteiger partial charge in [-0.15, -0.1) is 11.3 Å². The SMILES string of the molecule is CCOC(=O)c1c(NC(=O)c2ccc(Cl)c(Cl)c2)sc(C(N)=O)c1C. The fourth-order valence-electron chi connectivity index (χ4n) is 2.10. The summed E-state index contributed by atoms with van der Waals surface area (Å²) >= 11 is 12.7. The minimum atomic E-state index is -0.692. The number of nitrogens with two attached hydrogens (primary N) is 1. The number of primary amides is 1. The first-order valence-electron chi connectivity index (χ1n) is 7.13. The van der Waals surface area contributed by atoms with Gasteiger partial charge in [0, 0.05) is 5.56 Å². The molecule has 1 aromatic heterocycles. The topological polar surface area (TPSA) is 98.5 Å². The minimum absolute atomic E-state index is 0.106. The predicted octanol–water partition coefficient (Wildman–Crippen LogP) is 3.89. The smallest absolute Gasteiger partial charge is 0.341 e. The lowest BCUT2D eigenvalue weighted by atomic mass is 10.1. The summed E-state index contributed by atoms with van der Waals surface area (Å²) in [7, 11) is 0. The zero-order valence-corrected chi connectivity index (χ0v) is 15.6. The van der Waals surface area contributed by atoms with E-state index in [1.807, 2.05) is 0 Å². The lowest BCUT2D eigenvalue weighted by Gasteiger charge is -2.07. The van der Waals surface area contributed by atoms with E-state index in [2.05, 4.69) is 5.32 Å². The van der Waals surface area contributed by atoms with E-state index in [0.717, 1.165) is 11.3 Å². The number of benzene rings is 1. The molecule has 0 radical (unpaired) electrons. The number of anilines is 1. The van der Waals surface area contributed by atoms with Crippen molar-refractivity contribution in [3.8, 4) is 0 Å². The number of thiophene rings is 1. The van der Waals surface area contributed by atoms with Crippen LogP contribution in [-0.4, -0.2) is 24.4 Å². The van der Waals surface area contributed by atoms with Crippen LogP contribution in [0.15, 0.2) is 18.2 Å². The van der Waals surface area contributed by atoms with Gasteiger partial charge in [0.25, 0.3) is 11.8 Å². The summed E-state index contributed by atoms with van der Waals surface area (Å²) in [6.45, 7) is 3.38. The molecule has 0 aliphatic carbocycles. The Balaban J connectivity index is 2.41. The predicted molar refractivity (Wildman–Crippen MR) is 97.9 cm³/mol. The monoisotopic (exact) mass is 400 g/mol. The van der Waals surface area contributed by atoms with Crippen molar-refractivity contribution in [1.82, 2.24) is 0 Å². The average Bonchev–Trinajstić information content (AvgIpc) is 2.86. The molecule has 1 heterocycles. The molecule has 132 valence electrons. The molecule has 0 saturated carbocycles. The van der Waals surface area contributed by atoms with Gasteiger partial charge in [-0.1, -0.05) is 23.2 Å². The van der Waals surface area contributed by atoms with Crippen molar-refractivity contribution < 1.29 is 19.1 Å². The molecule has 0 saturated heterocycles. The Hall–Kier alpha value is -2.09. The number of carbonyl (C=O) groups is 3. The first-order chi connectivity index (χ1) is 11.8. The number of hydrogen-bond donors (Lipinski definition) is 2. The van der Waals surface area contributed by atoms with E-state index in [9.17, 15) is 14.4 Å². The molecule has 1 aromatic carbocycles. The van der Waals surface area contributed by atoms with Crippen LogP contribution >= 0.6 is 34.5 Å². The quantitative estimate of drug-likeness (QED) is 0.743. The van der Waals surface area contributed by atoms with Crippen LogP contribution in [0, 0.1) is 6.92 Å².